The van der Waals surface area contributed by atoms with Crippen molar-refractivity contribution in [3.05, 3.63) is 0 Å². The van der Waals surface area contributed by atoms with Gasteiger partial charge in [-0.25, -0.2) is 19.6 Å². The van der Waals surface area contributed by atoms with Gasteiger partial charge in [0.15, 0.2) is 0 Å². The fourth-order valence-corrected chi connectivity index (χ4v) is 1.47. The van der Waals surface area contributed by atoms with Gasteiger partial charge in [-0.05, 0) is 0 Å². The molecule has 0 rings (SSSR count). The van der Waals surface area contributed by atoms with Gasteiger partial charge in [-0.2, -0.15) is 18.3 Å². The lowest BCUT2D eigenvalue weighted by Gasteiger charge is -2.19. The molecule has 0 atom stereocenters. The van der Waals surface area contributed by atoms with Gasteiger partial charge in [0.2, 0.25) is 0 Å². The van der Waals surface area contributed by atoms with Gasteiger partial charge >= 0.3 is 9.05 Å². The first-order valence-corrected chi connectivity index (χ1v) is 4.75. The van der Waals surface area contributed by atoms with E-state index in [1.807, 2.05) is 0 Å². The van der Waals surface area contributed by atoms with Gasteiger partial charge in [0.25, 0.3) is 0 Å². The van der Waals surface area contributed by atoms with E-state index in [9.17, 15) is 0 Å². The molecule has 0 aromatic rings. The van der Waals surface area contributed by atoms with Crippen LogP contribution >= 0.6 is 0 Å². The Bertz CT molecular complexity index is 91.2. The molecular formula is C4H12O8Si. The summed E-state index contributed by atoms with van der Waals surface area (Å²) in [5.74, 6) is 0. The highest BCUT2D eigenvalue weighted by atomic mass is 28.4. The fourth-order valence-electron chi connectivity index (χ4n) is 0.492. The molecule has 0 heterocycles. The lowest BCUT2D eigenvalue weighted by atomic mass is 11.8. The van der Waals surface area contributed by atoms with Gasteiger partial charge in [0.1, 0.15) is 0 Å². The molecule has 0 aliphatic heterocycles. The summed E-state index contributed by atoms with van der Waals surface area (Å²) in [5, 5.41) is 0. The molecule has 0 spiro atoms. The third-order valence-electron chi connectivity index (χ3n) is 0.742. The Balaban J connectivity index is 4.19. The highest BCUT2D eigenvalue weighted by Gasteiger charge is 2.53. The maximum absolute atomic E-state index is 4.55. The van der Waals surface area contributed by atoms with Crippen LogP contribution in [0.25, 0.3) is 0 Å². The summed E-state index contributed by atoms with van der Waals surface area (Å²) in [4.78, 5) is 17.2. The summed E-state index contributed by atoms with van der Waals surface area (Å²) in [6, 6.07) is 0. The van der Waals surface area contributed by atoms with E-state index in [2.05, 4.69) is 37.9 Å². The van der Waals surface area contributed by atoms with Crippen LogP contribution in [0.1, 0.15) is 0 Å². The van der Waals surface area contributed by atoms with Gasteiger partial charge in [0.05, 0.1) is 28.4 Å². The molecule has 0 radical (unpaired) electrons. The van der Waals surface area contributed by atoms with Gasteiger partial charge in [0, 0.05) is 0 Å². The second kappa shape index (κ2) is 7.31. The van der Waals surface area contributed by atoms with Crippen molar-refractivity contribution < 1.29 is 37.9 Å². The van der Waals surface area contributed by atoms with Crippen LogP contribution in [0.4, 0.5) is 0 Å². The summed E-state index contributed by atoms with van der Waals surface area (Å²) >= 11 is 0. The molecule has 0 unspecified atom stereocenters. The first-order valence-electron chi connectivity index (χ1n) is 3.12. The van der Waals surface area contributed by atoms with Crippen molar-refractivity contribution in [3.63, 3.8) is 0 Å². The summed E-state index contributed by atoms with van der Waals surface area (Å²) in [6.07, 6.45) is 0. The standard InChI is InChI=1S/C4H12O8Si/c1-5-9-13(10-6-2,11-7-3)12-8-4/h1-4H3. The molecule has 0 aliphatic rings. The van der Waals surface area contributed by atoms with Crippen molar-refractivity contribution in [2.24, 2.45) is 0 Å². The zero-order chi connectivity index (χ0) is 10.2. The smallest absolute Gasteiger partial charge is 0.245 e. The van der Waals surface area contributed by atoms with Crippen LogP contribution in [0.3, 0.4) is 0 Å². The molecule has 0 saturated carbocycles. The topological polar surface area (TPSA) is 73.8 Å². The zero-order valence-corrected chi connectivity index (χ0v) is 8.77. The van der Waals surface area contributed by atoms with Crippen molar-refractivity contribution in [1.82, 2.24) is 0 Å². The SMILES string of the molecule is COO[Si](OOC)(OOC)OOC. The Labute approximate surface area is 76.3 Å². The minimum absolute atomic E-state index is 1.23. The second-order valence-electron chi connectivity index (χ2n) is 1.50. The average Bonchev–Trinajstić information content (AvgIpc) is 2.06. The van der Waals surface area contributed by atoms with Crippen molar-refractivity contribution in [1.29, 1.82) is 0 Å². The molecule has 0 amide bonds. The van der Waals surface area contributed by atoms with E-state index in [0.717, 1.165) is 0 Å². The Morgan fingerprint density at radius 3 is 0.923 bits per heavy atom. The van der Waals surface area contributed by atoms with E-state index in [-0.39, 0.29) is 0 Å². The number of hydrogen-bond donors (Lipinski definition) is 0. The van der Waals surface area contributed by atoms with Gasteiger partial charge in [-0.15, -0.1) is 0 Å². The quantitative estimate of drug-likeness (QED) is 0.312. The van der Waals surface area contributed by atoms with Crippen molar-refractivity contribution >= 4 is 9.05 Å². The zero-order valence-electron chi connectivity index (χ0n) is 7.77. The molecule has 0 aliphatic carbocycles. The van der Waals surface area contributed by atoms with Crippen LogP contribution < -0.4 is 0 Å². The van der Waals surface area contributed by atoms with Crippen LogP contribution in [0.5, 0.6) is 0 Å². The minimum Gasteiger partial charge on any atom is -0.245 e. The molecule has 0 N–H and O–H groups in total. The summed E-state index contributed by atoms with van der Waals surface area (Å²) in [6.45, 7) is 0. The normalized spacial score (nSPS) is 12.0. The van der Waals surface area contributed by atoms with E-state index >= 15 is 0 Å². The fraction of sp³-hybridized carbons (Fsp3) is 1.00. The molecular weight excluding hydrogens is 204 g/mol. The van der Waals surface area contributed by atoms with Crippen molar-refractivity contribution in [2.75, 3.05) is 28.4 Å². The highest BCUT2D eigenvalue weighted by Crippen LogP contribution is 2.12. The molecule has 0 fully saturated rings. The Hall–Kier alpha value is -0.103. The second-order valence-corrected chi connectivity index (χ2v) is 3.17. The first kappa shape index (κ1) is 12.9. The van der Waals surface area contributed by atoms with Crippen LogP contribution in [-0.4, -0.2) is 37.5 Å². The largest absolute Gasteiger partial charge is 0.792 e. The predicted molar refractivity (Wildman–Crippen MR) is 38.1 cm³/mol. The van der Waals surface area contributed by atoms with Crippen LogP contribution in [0.15, 0.2) is 0 Å². The predicted octanol–water partition coefficient (Wildman–Crippen LogP) is -0.266. The van der Waals surface area contributed by atoms with E-state index in [1.165, 1.54) is 28.4 Å². The van der Waals surface area contributed by atoms with Gasteiger partial charge in [-0.3, -0.25) is 0 Å². The average molecular weight is 216 g/mol. The first-order chi connectivity index (χ1) is 6.24. The molecule has 0 aromatic heterocycles. The lowest BCUT2D eigenvalue weighted by molar-refractivity contribution is -0.410. The Kier molecular flexibility index (Phi) is 7.26. The summed E-state index contributed by atoms with van der Waals surface area (Å²) < 4.78 is 18.2. The van der Waals surface area contributed by atoms with E-state index < -0.39 is 9.05 Å². The third-order valence-corrected chi connectivity index (χ3v) is 2.22. The lowest BCUT2D eigenvalue weighted by Crippen LogP contribution is -2.48. The number of rotatable bonds is 8. The van der Waals surface area contributed by atoms with Crippen molar-refractivity contribution in [3.8, 4) is 0 Å². The molecule has 8 nitrogen and oxygen atoms in total. The Morgan fingerprint density at radius 1 is 0.538 bits per heavy atom. The maximum Gasteiger partial charge on any atom is 0.792 e. The summed E-state index contributed by atoms with van der Waals surface area (Å²) in [5.41, 5.74) is 0. The van der Waals surface area contributed by atoms with Crippen LogP contribution in [0, 0.1) is 0 Å². The summed E-state index contributed by atoms with van der Waals surface area (Å²) in [7, 11) is 1.26. The molecule has 0 saturated heterocycles. The Morgan fingerprint density at radius 2 is 0.769 bits per heavy atom. The maximum atomic E-state index is 4.55. The third kappa shape index (κ3) is 4.61. The van der Waals surface area contributed by atoms with Crippen molar-refractivity contribution in [2.45, 2.75) is 0 Å². The minimum atomic E-state index is -3.68. The van der Waals surface area contributed by atoms with Crippen LogP contribution in [-0.2, 0) is 37.9 Å². The monoisotopic (exact) mass is 216 g/mol. The van der Waals surface area contributed by atoms with Gasteiger partial charge < -0.3 is 0 Å². The molecule has 0 aromatic carbocycles. The van der Waals surface area contributed by atoms with E-state index in [0.29, 0.717) is 0 Å². The molecule has 9 heteroatoms. The molecule has 0 bridgehead atoms. The highest BCUT2D eigenvalue weighted by molar-refractivity contribution is 6.52. The van der Waals surface area contributed by atoms with Crippen LogP contribution in [0.2, 0.25) is 0 Å². The molecule has 13 heavy (non-hydrogen) atoms. The van der Waals surface area contributed by atoms with E-state index in [4.69, 9.17) is 0 Å². The van der Waals surface area contributed by atoms with E-state index in [1.54, 1.807) is 0 Å². The van der Waals surface area contributed by atoms with Gasteiger partial charge in [-0.1, -0.05) is 0 Å². The number of hydrogen-bond acceptors (Lipinski definition) is 8. The molecule has 80 valence electrons.